The zero-order valence-electron chi connectivity index (χ0n) is 16.1. The van der Waals surface area contributed by atoms with Crippen LogP contribution < -0.4 is 0 Å². The van der Waals surface area contributed by atoms with Gasteiger partial charge < -0.3 is 10.2 Å². The maximum atomic E-state index is 10.2. The average molecular weight is 345 g/mol. The van der Waals surface area contributed by atoms with Gasteiger partial charge in [-0.15, -0.1) is 0 Å². The van der Waals surface area contributed by atoms with Crippen LogP contribution in [0.5, 0.6) is 0 Å². The highest BCUT2D eigenvalue weighted by atomic mass is 16.3. The van der Waals surface area contributed by atoms with Crippen LogP contribution in [0.25, 0.3) is 0 Å². The fourth-order valence-corrected chi connectivity index (χ4v) is 7.99. The molecule has 140 valence electrons. The molecule has 0 spiro atoms. The standard InChI is InChI=1S/C23H36O2/c1-22-13-11-21-19(20(22)9-7-16(22)5-3-4-14-24)8-6-17-15-18(25)10-12-23(17,21)2/h3,14,16-21,24-25H,5-13,15H2,1-2H3/t4?,16-,17-,18+,19-,20-,21-,22+,23-/m0/s1. The molecule has 25 heavy (non-hydrogen) atoms. The first kappa shape index (κ1) is 17.7. The Kier molecular flexibility index (Phi) is 4.57. The highest BCUT2D eigenvalue weighted by molar-refractivity contribution is 5.09. The second kappa shape index (κ2) is 6.46. The lowest BCUT2D eigenvalue weighted by atomic mass is 9.44. The molecule has 4 aliphatic rings. The molecule has 2 heteroatoms. The molecule has 2 nitrogen and oxygen atoms in total. The highest BCUT2D eigenvalue weighted by Gasteiger charge is 2.59. The molecular weight excluding hydrogens is 308 g/mol. The van der Waals surface area contributed by atoms with Gasteiger partial charge in [0.1, 0.15) is 6.26 Å². The molecule has 0 aliphatic heterocycles. The normalized spacial score (nSPS) is 51.6. The summed E-state index contributed by atoms with van der Waals surface area (Å²) < 4.78 is 0. The van der Waals surface area contributed by atoms with E-state index in [-0.39, 0.29) is 6.10 Å². The molecule has 0 aromatic rings. The number of hydrogen-bond acceptors (Lipinski definition) is 2. The minimum Gasteiger partial charge on any atom is -0.507 e. The summed E-state index contributed by atoms with van der Waals surface area (Å²) in [7, 11) is 0. The third-order valence-corrected chi connectivity index (χ3v) is 9.43. The van der Waals surface area contributed by atoms with Gasteiger partial charge in [-0.3, -0.25) is 0 Å². The highest BCUT2D eigenvalue weighted by Crippen LogP contribution is 2.67. The third kappa shape index (κ3) is 2.72. The Morgan fingerprint density at radius 3 is 2.52 bits per heavy atom. The van der Waals surface area contributed by atoms with Crippen LogP contribution in [0.3, 0.4) is 0 Å². The van der Waals surface area contributed by atoms with Crippen molar-refractivity contribution in [2.75, 3.05) is 0 Å². The van der Waals surface area contributed by atoms with E-state index in [0.717, 1.165) is 55.1 Å². The fourth-order valence-electron chi connectivity index (χ4n) is 7.99. The fraction of sp³-hybridized carbons (Fsp3) is 0.870. The van der Waals surface area contributed by atoms with E-state index < -0.39 is 0 Å². The van der Waals surface area contributed by atoms with Gasteiger partial charge in [-0.1, -0.05) is 19.6 Å². The van der Waals surface area contributed by atoms with Crippen molar-refractivity contribution in [2.45, 2.75) is 84.2 Å². The molecule has 2 N–H and O–H groups in total. The Labute approximate surface area is 153 Å². The minimum atomic E-state index is -0.0364. The molecule has 0 radical (unpaired) electrons. The second-order valence-electron chi connectivity index (χ2n) is 10.1. The first-order valence-electron chi connectivity index (χ1n) is 10.7. The van der Waals surface area contributed by atoms with Crippen LogP contribution in [0, 0.1) is 40.4 Å². The van der Waals surface area contributed by atoms with Crippen LogP contribution in [0.15, 0.2) is 18.1 Å². The Balaban J connectivity index is 1.55. The molecule has 0 bridgehead atoms. The van der Waals surface area contributed by atoms with E-state index >= 15 is 0 Å². The summed E-state index contributed by atoms with van der Waals surface area (Å²) in [5, 5.41) is 19.0. The summed E-state index contributed by atoms with van der Waals surface area (Å²) >= 11 is 0. The van der Waals surface area contributed by atoms with Crippen molar-refractivity contribution >= 4 is 0 Å². The number of fused-ring (bicyclic) bond motifs is 5. The second-order valence-corrected chi connectivity index (χ2v) is 10.1. The van der Waals surface area contributed by atoms with Crippen molar-refractivity contribution in [3.8, 4) is 0 Å². The molecule has 0 aromatic carbocycles. The predicted octanol–water partition coefficient (Wildman–Crippen LogP) is 5.62. The quantitative estimate of drug-likeness (QED) is 0.504. The van der Waals surface area contributed by atoms with E-state index in [9.17, 15) is 5.11 Å². The minimum absolute atomic E-state index is 0.0364. The Hall–Kier alpha value is -0.720. The molecule has 4 fully saturated rings. The molecule has 8 atom stereocenters. The zero-order chi connectivity index (χ0) is 17.7. The van der Waals surface area contributed by atoms with E-state index in [2.05, 4.69) is 19.6 Å². The first-order valence-corrected chi connectivity index (χ1v) is 10.7. The monoisotopic (exact) mass is 344 g/mol. The van der Waals surface area contributed by atoms with E-state index in [1.807, 2.05) is 6.08 Å². The summed E-state index contributed by atoms with van der Waals surface area (Å²) in [5.41, 5.74) is 3.85. The molecule has 4 aliphatic carbocycles. The van der Waals surface area contributed by atoms with E-state index in [4.69, 9.17) is 5.11 Å². The van der Waals surface area contributed by atoms with Gasteiger partial charge in [0.05, 0.1) is 6.10 Å². The van der Waals surface area contributed by atoms with E-state index in [0.29, 0.717) is 10.8 Å². The average Bonchev–Trinajstić information content (AvgIpc) is 2.92. The predicted molar refractivity (Wildman–Crippen MR) is 101 cm³/mol. The molecular formula is C23H36O2. The zero-order valence-corrected chi connectivity index (χ0v) is 16.1. The summed E-state index contributed by atoms with van der Waals surface area (Å²) in [6, 6.07) is 0. The molecule has 0 aromatic heterocycles. The summed E-state index contributed by atoms with van der Waals surface area (Å²) in [6.45, 7) is 5.14. The van der Waals surface area contributed by atoms with Gasteiger partial charge in [0, 0.05) is 0 Å². The Morgan fingerprint density at radius 2 is 1.72 bits per heavy atom. The maximum Gasteiger partial charge on any atom is 0.121 e. The van der Waals surface area contributed by atoms with E-state index in [1.165, 1.54) is 44.9 Å². The molecule has 4 saturated carbocycles. The summed E-state index contributed by atoms with van der Waals surface area (Å²) in [4.78, 5) is 0. The molecule has 0 unspecified atom stereocenters. The van der Waals surface area contributed by atoms with Crippen molar-refractivity contribution < 1.29 is 10.2 Å². The van der Waals surface area contributed by atoms with Gasteiger partial charge in [-0.05, 0) is 111 Å². The smallest absolute Gasteiger partial charge is 0.121 e. The number of allylic oxidation sites excluding steroid dienone is 1. The van der Waals surface area contributed by atoms with Crippen molar-refractivity contribution in [3.05, 3.63) is 18.1 Å². The van der Waals surface area contributed by atoms with Crippen LogP contribution in [-0.2, 0) is 0 Å². The van der Waals surface area contributed by atoms with Crippen molar-refractivity contribution in [2.24, 2.45) is 40.4 Å². The van der Waals surface area contributed by atoms with Gasteiger partial charge >= 0.3 is 0 Å². The summed E-state index contributed by atoms with van der Waals surface area (Å²) in [5.74, 6) is 4.23. The number of aliphatic hydroxyl groups is 2. The van der Waals surface area contributed by atoms with Crippen LogP contribution in [0.2, 0.25) is 0 Å². The largest absolute Gasteiger partial charge is 0.507 e. The summed E-state index contributed by atoms with van der Waals surface area (Å²) in [6.07, 6.45) is 15.8. The number of rotatable bonds is 2. The van der Waals surface area contributed by atoms with Crippen molar-refractivity contribution in [1.82, 2.24) is 0 Å². The van der Waals surface area contributed by atoms with Crippen LogP contribution in [0.4, 0.5) is 0 Å². The molecule has 0 heterocycles. The van der Waals surface area contributed by atoms with Gasteiger partial charge in [-0.25, -0.2) is 0 Å². The Bertz CT molecular complexity index is 562. The molecule has 0 saturated heterocycles. The lowest BCUT2D eigenvalue weighted by Gasteiger charge is -2.61. The van der Waals surface area contributed by atoms with Gasteiger partial charge in [0.15, 0.2) is 0 Å². The number of aliphatic hydroxyl groups excluding tert-OH is 2. The lowest BCUT2D eigenvalue weighted by molar-refractivity contribution is -0.126. The van der Waals surface area contributed by atoms with Crippen molar-refractivity contribution in [3.63, 3.8) is 0 Å². The van der Waals surface area contributed by atoms with Gasteiger partial charge in [-0.2, -0.15) is 0 Å². The topological polar surface area (TPSA) is 40.5 Å². The van der Waals surface area contributed by atoms with Gasteiger partial charge in [0.2, 0.25) is 0 Å². The van der Waals surface area contributed by atoms with Crippen LogP contribution in [0.1, 0.15) is 78.1 Å². The SMILES string of the molecule is C[C@]12CC[C@@H](O)C[C@@H]1CC[C@@H]1[C@@H]2CC[C@]2(C)[C@@H](CC=C=CO)CC[C@@H]12. The first-order chi connectivity index (χ1) is 12.0. The maximum absolute atomic E-state index is 10.2. The van der Waals surface area contributed by atoms with Crippen LogP contribution in [-0.4, -0.2) is 16.3 Å². The molecule has 0 amide bonds. The third-order valence-electron chi connectivity index (χ3n) is 9.43. The molecule has 4 rings (SSSR count). The Morgan fingerprint density at radius 1 is 0.960 bits per heavy atom. The lowest BCUT2D eigenvalue weighted by Crippen LogP contribution is -2.53. The van der Waals surface area contributed by atoms with Crippen LogP contribution >= 0.6 is 0 Å². The van der Waals surface area contributed by atoms with Crippen molar-refractivity contribution in [1.29, 1.82) is 0 Å². The number of hydrogen-bond donors (Lipinski definition) is 2. The van der Waals surface area contributed by atoms with E-state index in [1.54, 1.807) is 0 Å². The van der Waals surface area contributed by atoms with Gasteiger partial charge in [0.25, 0.3) is 0 Å².